The van der Waals surface area contributed by atoms with Crippen LogP contribution in [0, 0.1) is 0 Å². The number of hydrogen-bond acceptors (Lipinski definition) is 4. The van der Waals surface area contributed by atoms with Gasteiger partial charge in [-0.15, -0.1) is 0 Å². The van der Waals surface area contributed by atoms with Crippen molar-refractivity contribution in [2.75, 3.05) is 6.61 Å². The van der Waals surface area contributed by atoms with Crippen LogP contribution >= 0.6 is 0 Å². The monoisotopic (exact) mass is 184 g/mol. The summed E-state index contributed by atoms with van der Waals surface area (Å²) < 4.78 is 5.03. The molecule has 0 saturated carbocycles. The number of aromatic nitrogens is 2. The molecular formula is C9H16N2O2. The number of hydrogen-bond donors (Lipinski definition) is 1. The van der Waals surface area contributed by atoms with E-state index < -0.39 is 0 Å². The molecule has 1 rings (SSSR count). The maximum atomic E-state index is 8.57. The lowest BCUT2D eigenvalue weighted by molar-refractivity contribution is 0.280. The largest absolute Gasteiger partial charge is 0.396 e. The molecule has 0 atom stereocenters. The van der Waals surface area contributed by atoms with Gasteiger partial charge in [0.2, 0.25) is 5.89 Å². The minimum atomic E-state index is 0.227. The Hall–Kier alpha value is -0.900. The van der Waals surface area contributed by atoms with Gasteiger partial charge in [-0.1, -0.05) is 19.0 Å². The van der Waals surface area contributed by atoms with Crippen LogP contribution in [0.4, 0.5) is 0 Å². The van der Waals surface area contributed by atoms with E-state index in [1.807, 2.05) is 13.8 Å². The molecule has 0 unspecified atom stereocenters. The molecule has 1 aromatic heterocycles. The van der Waals surface area contributed by atoms with Gasteiger partial charge < -0.3 is 9.63 Å². The van der Waals surface area contributed by atoms with Crippen LogP contribution in [0.15, 0.2) is 4.52 Å². The van der Waals surface area contributed by atoms with E-state index in [0.717, 1.165) is 25.1 Å². The molecule has 74 valence electrons. The Labute approximate surface area is 78.0 Å². The fourth-order valence-corrected chi connectivity index (χ4v) is 0.992. The number of aryl methyl sites for hydroxylation is 1. The van der Waals surface area contributed by atoms with Crippen molar-refractivity contribution in [3.05, 3.63) is 11.7 Å². The highest BCUT2D eigenvalue weighted by molar-refractivity contribution is 4.91. The standard InChI is InChI=1S/C9H16N2O2/c1-7(2)9-10-8(13-11-9)5-3-4-6-12/h7,12H,3-6H2,1-2H3. The Morgan fingerprint density at radius 3 is 2.69 bits per heavy atom. The normalized spacial score (nSPS) is 11.1. The maximum Gasteiger partial charge on any atom is 0.226 e. The van der Waals surface area contributed by atoms with Crippen molar-refractivity contribution in [2.24, 2.45) is 0 Å². The second-order valence-corrected chi connectivity index (χ2v) is 3.38. The van der Waals surface area contributed by atoms with E-state index in [0.29, 0.717) is 11.8 Å². The first kappa shape index (κ1) is 10.2. The van der Waals surface area contributed by atoms with Crippen LogP contribution in [0.2, 0.25) is 0 Å². The molecule has 0 fully saturated rings. The molecule has 0 aliphatic carbocycles. The van der Waals surface area contributed by atoms with Crippen LogP contribution in [0.5, 0.6) is 0 Å². The number of aliphatic hydroxyl groups excluding tert-OH is 1. The maximum absolute atomic E-state index is 8.57. The van der Waals surface area contributed by atoms with Crippen molar-refractivity contribution in [3.63, 3.8) is 0 Å². The van der Waals surface area contributed by atoms with E-state index in [2.05, 4.69) is 10.1 Å². The third-order valence-electron chi connectivity index (χ3n) is 1.80. The number of aliphatic hydroxyl groups is 1. The number of rotatable bonds is 5. The number of unbranched alkanes of at least 4 members (excludes halogenated alkanes) is 1. The lowest BCUT2D eigenvalue weighted by atomic mass is 10.2. The molecule has 0 aromatic carbocycles. The molecule has 13 heavy (non-hydrogen) atoms. The molecule has 0 amide bonds. The topological polar surface area (TPSA) is 59.2 Å². The lowest BCUT2D eigenvalue weighted by Gasteiger charge is -1.93. The summed E-state index contributed by atoms with van der Waals surface area (Å²) in [5, 5.41) is 12.4. The van der Waals surface area contributed by atoms with Crippen LogP contribution < -0.4 is 0 Å². The molecule has 1 N–H and O–H groups in total. The van der Waals surface area contributed by atoms with Gasteiger partial charge in [0.15, 0.2) is 5.82 Å². The van der Waals surface area contributed by atoms with Crippen molar-refractivity contribution in [3.8, 4) is 0 Å². The first-order valence-electron chi connectivity index (χ1n) is 4.67. The average molecular weight is 184 g/mol. The lowest BCUT2D eigenvalue weighted by Crippen LogP contribution is -1.92. The van der Waals surface area contributed by atoms with E-state index >= 15 is 0 Å². The van der Waals surface area contributed by atoms with Gasteiger partial charge in [-0.3, -0.25) is 0 Å². The van der Waals surface area contributed by atoms with E-state index in [-0.39, 0.29) is 6.61 Å². The van der Waals surface area contributed by atoms with Gasteiger partial charge in [0.05, 0.1) is 0 Å². The third-order valence-corrected chi connectivity index (χ3v) is 1.80. The van der Waals surface area contributed by atoms with Gasteiger partial charge in [0.25, 0.3) is 0 Å². The zero-order valence-electron chi connectivity index (χ0n) is 8.16. The quantitative estimate of drug-likeness (QED) is 0.704. The van der Waals surface area contributed by atoms with Crippen LogP contribution in [0.1, 0.15) is 44.3 Å². The predicted molar refractivity (Wildman–Crippen MR) is 48.4 cm³/mol. The summed E-state index contributed by atoms with van der Waals surface area (Å²) in [7, 11) is 0. The second-order valence-electron chi connectivity index (χ2n) is 3.38. The molecule has 0 spiro atoms. The highest BCUT2D eigenvalue weighted by Crippen LogP contribution is 2.10. The third kappa shape index (κ3) is 3.14. The number of nitrogens with zero attached hydrogens (tertiary/aromatic N) is 2. The van der Waals surface area contributed by atoms with Gasteiger partial charge in [0.1, 0.15) is 0 Å². The van der Waals surface area contributed by atoms with E-state index in [9.17, 15) is 0 Å². The van der Waals surface area contributed by atoms with Crippen LogP contribution in [-0.2, 0) is 6.42 Å². The Morgan fingerprint density at radius 2 is 2.15 bits per heavy atom. The Morgan fingerprint density at radius 1 is 1.38 bits per heavy atom. The summed E-state index contributed by atoms with van der Waals surface area (Å²) in [5.41, 5.74) is 0. The fourth-order valence-electron chi connectivity index (χ4n) is 0.992. The molecule has 4 nitrogen and oxygen atoms in total. The van der Waals surface area contributed by atoms with E-state index in [1.54, 1.807) is 0 Å². The minimum absolute atomic E-state index is 0.227. The SMILES string of the molecule is CC(C)c1noc(CCCCO)n1. The van der Waals surface area contributed by atoms with Gasteiger partial charge >= 0.3 is 0 Å². The summed E-state index contributed by atoms with van der Waals surface area (Å²) in [6, 6.07) is 0. The zero-order chi connectivity index (χ0) is 9.68. The summed E-state index contributed by atoms with van der Waals surface area (Å²) in [6.07, 6.45) is 2.45. The zero-order valence-corrected chi connectivity index (χ0v) is 8.16. The molecule has 0 aliphatic rings. The molecular weight excluding hydrogens is 168 g/mol. The molecule has 1 heterocycles. The van der Waals surface area contributed by atoms with Crippen LogP contribution in [0.25, 0.3) is 0 Å². The molecule has 0 saturated heterocycles. The Balaban J connectivity index is 2.40. The first-order chi connectivity index (χ1) is 6.24. The molecule has 0 radical (unpaired) electrons. The average Bonchev–Trinajstić information content (AvgIpc) is 2.53. The highest BCUT2D eigenvalue weighted by Gasteiger charge is 2.08. The molecule has 0 aliphatic heterocycles. The van der Waals surface area contributed by atoms with Crippen LogP contribution in [-0.4, -0.2) is 21.9 Å². The molecule has 4 heteroatoms. The summed E-state index contributed by atoms with van der Waals surface area (Å²) in [5.74, 6) is 1.76. The summed E-state index contributed by atoms with van der Waals surface area (Å²) in [4.78, 5) is 4.22. The van der Waals surface area contributed by atoms with Gasteiger partial charge in [0, 0.05) is 18.9 Å². The minimum Gasteiger partial charge on any atom is -0.396 e. The first-order valence-corrected chi connectivity index (χ1v) is 4.67. The van der Waals surface area contributed by atoms with Crippen molar-refractivity contribution in [1.82, 2.24) is 10.1 Å². The predicted octanol–water partition coefficient (Wildman–Crippen LogP) is 1.51. The summed E-state index contributed by atoms with van der Waals surface area (Å²) in [6.45, 7) is 4.29. The second kappa shape index (κ2) is 4.97. The Kier molecular flexibility index (Phi) is 3.89. The van der Waals surface area contributed by atoms with Gasteiger partial charge in [-0.2, -0.15) is 4.98 Å². The van der Waals surface area contributed by atoms with Crippen molar-refractivity contribution in [2.45, 2.75) is 39.0 Å². The smallest absolute Gasteiger partial charge is 0.226 e. The van der Waals surface area contributed by atoms with Crippen molar-refractivity contribution in [1.29, 1.82) is 0 Å². The van der Waals surface area contributed by atoms with Crippen molar-refractivity contribution >= 4 is 0 Å². The van der Waals surface area contributed by atoms with Crippen LogP contribution in [0.3, 0.4) is 0 Å². The van der Waals surface area contributed by atoms with E-state index in [1.165, 1.54) is 0 Å². The fraction of sp³-hybridized carbons (Fsp3) is 0.778. The highest BCUT2D eigenvalue weighted by atomic mass is 16.5. The Bertz CT molecular complexity index is 246. The molecule has 0 bridgehead atoms. The van der Waals surface area contributed by atoms with Crippen molar-refractivity contribution < 1.29 is 9.63 Å². The van der Waals surface area contributed by atoms with E-state index in [4.69, 9.17) is 9.63 Å². The van der Waals surface area contributed by atoms with Gasteiger partial charge in [-0.05, 0) is 12.8 Å². The molecule has 1 aromatic rings. The van der Waals surface area contributed by atoms with Gasteiger partial charge in [-0.25, -0.2) is 0 Å². The summed E-state index contributed by atoms with van der Waals surface area (Å²) >= 11 is 0.